The number of fused-ring (bicyclic) bond motifs is 2. The normalized spacial score (nSPS) is 14.9. The molecule has 5 rings (SSSR count). The second-order valence-electron chi connectivity index (χ2n) is 7.11. The molecule has 2 aromatic carbocycles. The highest BCUT2D eigenvalue weighted by Crippen LogP contribution is 2.30. The smallest absolute Gasteiger partial charge is 0.328 e. The minimum atomic E-state index is -1.79. The highest BCUT2D eigenvalue weighted by molar-refractivity contribution is 7.90. The Hall–Kier alpha value is -2.97. The number of hydrogen-bond donors (Lipinski definition) is 1. The molecule has 1 N–H and O–H groups in total. The number of hydrogen-bond acceptors (Lipinski definition) is 4. The highest BCUT2D eigenvalue weighted by Gasteiger charge is 2.25. The maximum absolute atomic E-state index is 14.5. The lowest BCUT2D eigenvalue weighted by Gasteiger charge is -2.33. The van der Waals surface area contributed by atoms with Crippen molar-refractivity contribution in [3.63, 3.8) is 0 Å². The van der Waals surface area contributed by atoms with Crippen molar-refractivity contribution in [2.45, 2.75) is 11.3 Å². The second-order valence-corrected chi connectivity index (χ2v) is 8.29. The number of aryl methyl sites for hydroxylation is 1. The van der Waals surface area contributed by atoms with Crippen LogP contribution >= 0.6 is 0 Å². The molecule has 1 fully saturated rings. The fourth-order valence-corrected chi connectivity index (χ4v) is 4.63. The van der Waals surface area contributed by atoms with Gasteiger partial charge in [-0.15, -0.1) is 0 Å². The van der Waals surface area contributed by atoms with E-state index in [9.17, 15) is 13.7 Å². The second kappa shape index (κ2) is 6.82. The summed E-state index contributed by atoms with van der Waals surface area (Å²) >= 11 is -1.79. The van der Waals surface area contributed by atoms with Crippen molar-refractivity contribution in [3.8, 4) is 0 Å². The van der Waals surface area contributed by atoms with Crippen molar-refractivity contribution in [2.75, 3.05) is 18.0 Å². The predicted octanol–water partition coefficient (Wildman–Crippen LogP) is 3.73. The van der Waals surface area contributed by atoms with Crippen LogP contribution in [0.4, 0.5) is 10.1 Å². The van der Waals surface area contributed by atoms with E-state index in [-0.39, 0.29) is 11.1 Å². The first kappa shape index (κ1) is 18.1. The zero-order valence-corrected chi connectivity index (χ0v) is 16.5. The Bertz CT molecular complexity index is 1240. The first-order chi connectivity index (χ1) is 14.0. The summed E-state index contributed by atoms with van der Waals surface area (Å²) in [5.74, 6) is -1.18. The van der Waals surface area contributed by atoms with Gasteiger partial charge in [0.1, 0.15) is 28.3 Å². The monoisotopic (exact) mass is 411 g/mol. The van der Waals surface area contributed by atoms with Crippen LogP contribution in [-0.2, 0) is 18.4 Å². The van der Waals surface area contributed by atoms with E-state index in [1.54, 1.807) is 18.2 Å². The largest absolute Gasteiger partial charge is 0.588 e. The van der Waals surface area contributed by atoms with Gasteiger partial charge >= 0.3 is 5.91 Å². The number of carbonyl (C=O) groups is 1. The molecule has 0 radical (unpaired) electrons. The van der Waals surface area contributed by atoms with E-state index in [0.29, 0.717) is 10.5 Å². The molecule has 2 aromatic heterocycles. The van der Waals surface area contributed by atoms with E-state index in [1.807, 2.05) is 34.8 Å². The Morgan fingerprint density at radius 3 is 2.83 bits per heavy atom. The Labute approximate surface area is 169 Å². The molecule has 0 spiro atoms. The fraction of sp³-hybridized carbons (Fsp3) is 0.190. The van der Waals surface area contributed by atoms with Crippen molar-refractivity contribution in [2.24, 2.45) is 7.05 Å². The lowest BCUT2D eigenvalue weighted by atomic mass is 10.1. The number of anilines is 1. The first-order valence-corrected chi connectivity index (χ1v) is 10.4. The standard InChI is InChI=1S/C21H18FN3O3S/c1-24-9-6-13-4-2-5-19(20(13)24)29(27)23-21(26)18-12-15-16(22)10-14(11-17(15)28-18)25-7-3-8-25/h2,4-6,9-12H,3,7-8H2,1H3,(H,23,26). The van der Waals surface area contributed by atoms with Crippen LogP contribution in [-0.4, -0.2) is 28.1 Å². The molecule has 4 aromatic rings. The quantitative estimate of drug-likeness (QED) is 0.520. The summed E-state index contributed by atoms with van der Waals surface area (Å²) in [4.78, 5) is 15.2. The van der Waals surface area contributed by atoms with E-state index in [4.69, 9.17) is 4.42 Å². The van der Waals surface area contributed by atoms with Crippen molar-refractivity contribution in [3.05, 3.63) is 60.2 Å². The number of carbonyl (C=O) groups excluding carboxylic acids is 1. The molecule has 1 atom stereocenters. The molecular weight excluding hydrogens is 393 g/mol. The van der Waals surface area contributed by atoms with Crippen molar-refractivity contribution in [1.29, 1.82) is 0 Å². The number of halogens is 1. The van der Waals surface area contributed by atoms with E-state index < -0.39 is 23.1 Å². The van der Waals surface area contributed by atoms with Gasteiger partial charge in [0.2, 0.25) is 4.90 Å². The summed E-state index contributed by atoms with van der Waals surface area (Å²) in [6, 6.07) is 11.8. The van der Waals surface area contributed by atoms with Gasteiger partial charge < -0.3 is 18.4 Å². The van der Waals surface area contributed by atoms with Gasteiger partial charge in [-0.1, -0.05) is 12.1 Å². The summed E-state index contributed by atoms with van der Waals surface area (Å²) in [6.45, 7) is 1.76. The third-order valence-corrected chi connectivity index (χ3v) is 6.36. The molecule has 0 bridgehead atoms. The number of nitrogens with zero attached hydrogens (tertiary/aromatic N) is 2. The topological polar surface area (TPSA) is 73.5 Å². The molecule has 6 nitrogen and oxygen atoms in total. The lowest BCUT2D eigenvalue weighted by molar-refractivity contribution is 0.0956. The van der Waals surface area contributed by atoms with Gasteiger partial charge in [-0.05, 0) is 24.6 Å². The zero-order chi connectivity index (χ0) is 20.1. The number of nitrogens with one attached hydrogen (secondary N) is 1. The first-order valence-electron chi connectivity index (χ1n) is 9.26. The number of furan rings is 1. The number of rotatable bonds is 4. The van der Waals surface area contributed by atoms with Gasteiger partial charge in [0.25, 0.3) is 0 Å². The Morgan fingerprint density at radius 1 is 1.24 bits per heavy atom. The molecular formula is C21H18FN3O3S. The number of benzene rings is 2. The van der Waals surface area contributed by atoms with Crippen LogP contribution in [0.25, 0.3) is 21.9 Å². The molecule has 1 aliphatic rings. The summed E-state index contributed by atoms with van der Waals surface area (Å²) in [5, 5.41) is 1.16. The van der Waals surface area contributed by atoms with Crippen LogP contribution in [0, 0.1) is 5.82 Å². The molecule has 3 heterocycles. The molecule has 0 saturated carbocycles. The molecule has 1 saturated heterocycles. The van der Waals surface area contributed by atoms with Gasteiger partial charge in [0, 0.05) is 49.5 Å². The molecule has 148 valence electrons. The van der Waals surface area contributed by atoms with Crippen molar-refractivity contribution in [1.82, 2.24) is 9.29 Å². The van der Waals surface area contributed by atoms with Gasteiger partial charge in [0.15, 0.2) is 5.76 Å². The maximum atomic E-state index is 14.5. The summed E-state index contributed by atoms with van der Waals surface area (Å²) in [7, 11) is 1.85. The number of amides is 1. The number of para-hydroxylation sites is 1. The van der Waals surface area contributed by atoms with Crippen LogP contribution in [0.2, 0.25) is 0 Å². The molecule has 1 unspecified atom stereocenters. The molecule has 29 heavy (non-hydrogen) atoms. The highest BCUT2D eigenvalue weighted by atomic mass is 32.2. The van der Waals surface area contributed by atoms with E-state index >= 15 is 0 Å². The molecule has 1 aliphatic heterocycles. The third kappa shape index (κ3) is 3.04. The van der Waals surface area contributed by atoms with Crippen LogP contribution in [0.3, 0.4) is 0 Å². The fourth-order valence-electron chi connectivity index (χ4n) is 3.61. The van der Waals surface area contributed by atoms with Crippen LogP contribution in [0.5, 0.6) is 0 Å². The predicted molar refractivity (Wildman–Crippen MR) is 110 cm³/mol. The molecule has 1 amide bonds. The maximum Gasteiger partial charge on any atom is 0.328 e. The zero-order valence-electron chi connectivity index (χ0n) is 15.6. The summed E-state index contributed by atoms with van der Waals surface area (Å²) in [5.41, 5.74) is 1.81. The summed E-state index contributed by atoms with van der Waals surface area (Å²) in [6.07, 6.45) is 2.94. The Balaban J connectivity index is 1.43. The van der Waals surface area contributed by atoms with Crippen LogP contribution < -0.4 is 9.62 Å². The van der Waals surface area contributed by atoms with Gasteiger partial charge in [-0.25, -0.2) is 4.39 Å². The Morgan fingerprint density at radius 2 is 2.07 bits per heavy atom. The van der Waals surface area contributed by atoms with E-state index in [1.165, 1.54) is 12.1 Å². The van der Waals surface area contributed by atoms with Crippen LogP contribution in [0.15, 0.2) is 58.0 Å². The number of aromatic nitrogens is 1. The third-order valence-electron chi connectivity index (χ3n) is 5.26. The minimum Gasteiger partial charge on any atom is -0.588 e. The Kier molecular flexibility index (Phi) is 4.25. The van der Waals surface area contributed by atoms with Crippen LogP contribution in [0.1, 0.15) is 17.0 Å². The van der Waals surface area contributed by atoms with Gasteiger partial charge in [-0.2, -0.15) is 4.72 Å². The van der Waals surface area contributed by atoms with E-state index in [0.717, 1.165) is 36.1 Å². The summed E-state index contributed by atoms with van der Waals surface area (Å²) < 4.78 is 37.2. The van der Waals surface area contributed by atoms with Gasteiger partial charge in [-0.3, -0.25) is 4.79 Å². The molecule has 0 aliphatic carbocycles. The van der Waals surface area contributed by atoms with Crippen molar-refractivity contribution < 1.29 is 18.2 Å². The van der Waals surface area contributed by atoms with Crippen molar-refractivity contribution >= 4 is 44.8 Å². The SMILES string of the molecule is Cn1ccc2cccc([S+]([O-])NC(=O)c3cc4c(F)cc(N5CCC5)cc4o3)c21. The average molecular weight is 411 g/mol. The molecule has 8 heteroatoms. The minimum absolute atomic E-state index is 0.0768. The lowest BCUT2D eigenvalue weighted by Crippen LogP contribution is -2.36. The van der Waals surface area contributed by atoms with Gasteiger partial charge in [0.05, 0.1) is 5.39 Å². The average Bonchev–Trinajstić information content (AvgIpc) is 3.25. The van der Waals surface area contributed by atoms with E-state index in [2.05, 4.69) is 4.72 Å².